The van der Waals surface area contributed by atoms with E-state index in [1.165, 1.54) is 39.4 Å². The Morgan fingerprint density at radius 1 is 1.36 bits per heavy atom. The number of carbonyl (C=O) groups is 1. The number of hydrogen-bond donors (Lipinski definition) is 1. The van der Waals surface area contributed by atoms with Gasteiger partial charge in [-0.15, -0.1) is 0 Å². The molecule has 0 saturated carbocycles. The van der Waals surface area contributed by atoms with Gasteiger partial charge < -0.3 is 10.1 Å². The molecule has 0 radical (unpaired) electrons. The Bertz CT molecular complexity index is 626. The number of carbonyl (C=O) groups excluding carboxylic acids is 1. The zero-order chi connectivity index (χ0) is 16.9. The van der Waals surface area contributed by atoms with Crippen LogP contribution in [0.5, 0.6) is 5.75 Å². The van der Waals surface area contributed by atoms with Gasteiger partial charge in [0.2, 0.25) is 15.9 Å². The largest absolute Gasteiger partial charge is 0.495 e. The third-order valence-electron chi connectivity index (χ3n) is 3.38. The van der Waals surface area contributed by atoms with Crippen LogP contribution in [0.3, 0.4) is 0 Å². The number of nitrogens with one attached hydrogen (secondary N) is 1. The standard InChI is InChI=1S/C15H24N2O4S/c1-6-7-11(2)15(18)16-13-10-12(8-9-14(13)21-5)22(19,20)17(3)4/h8-11H,6-7H2,1-5H3,(H,16,18)/t11-/m1/s1. The molecule has 0 spiro atoms. The molecular weight excluding hydrogens is 304 g/mol. The van der Waals surface area contributed by atoms with Gasteiger partial charge in [-0.2, -0.15) is 0 Å². The lowest BCUT2D eigenvalue weighted by Gasteiger charge is -2.16. The molecule has 0 aliphatic rings. The van der Waals surface area contributed by atoms with Crippen LogP contribution in [-0.2, 0) is 14.8 Å². The van der Waals surface area contributed by atoms with Gasteiger partial charge in [-0.25, -0.2) is 12.7 Å². The van der Waals surface area contributed by atoms with Gasteiger partial charge in [-0.3, -0.25) is 4.79 Å². The fraction of sp³-hybridized carbons (Fsp3) is 0.533. The molecule has 1 N–H and O–H groups in total. The number of benzene rings is 1. The van der Waals surface area contributed by atoms with Crippen LogP contribution in [0.4, 0.5) is 5.69 Å². The van der Waals surface area contributed by atoms with Crippen molar-refractivity contribution in [2.45, 2.75) is 31.6 Å². The number of nitrogens with zero attached hydrogens (tertiary/aromatic N) is 1. The molecule has 0 unspecified atom stereocenters. The Morgan fingerprint density at radius 3 is 2.50 bits per heavy atom. The van der Waals surface area contributed by atoms with Crippen molar-refractivity contribution in [1.29, 1.82) is 0 Å². The number of hydrogen-bond acceptors (Lipinski definition) is 4. The van der Waals surface area contributed by atoms with Gasteiger partial charge in [-0.1, -0.05) is 20.3 Å². The summed E-state index contributed by atoms with van der Waals surface area (Å²) in [5.41, 5.74) is 0.360. The van der Waals surface area contributed by atoms with Gasteiger partial charge in [0, 0.05) is 20.0 Å². The van der Waals surface area contributed by atoms with Crippen molar-refractivity contribution in [1.82, 2.24) is 4.31 Å². The van der Waals surface area contributed by atoms with Gasteiger partial charge in [0.05, 0.1) is 17.7 Å². The number of sulfonamides is 1. The molecule has 6 nitrogen and oxygen atoms in total. The molecule has 1 rings (SSSR count). The van der Waals surface area contributed by atoms with Crippen molar-refractivity contribution >= 4 is 21.6 Å². The van der Waals surface area contributed by atoms with Crippen molar-refractivity contribution in [2.75, 3.05) is 26.5 Å². The Balaban J connectivity index is 3.15. The van der Waals surface area contributed by atoms with Crippen molar-refractivity contribution in [3.05, 3.63) is 18.2 Å². The molecule has 124 valence electrons. The van der Waals surface area contributed by atoms with Crippen LogP contribution in [0.15, 0.2) is 23.1 Å². The average Bonchev–Trinajstić information content (AvgIpc) is 2.47. The number of methoxy groups -OCH3 is 1. The maximum absolute atomic E-state index is 12.2. The summed E-state index contributed by atoms with van der Waals surface area (Å²) < 4.78 is 30.7. The van der Waals surface area contributed by atoms with Crippen LogP contribution in [0.1, 0.15) is 26.7 Å². The second kappa shape index (κ2) is 7.60. The Hall–Kier alpha value is -1.60. The van der Waals surface area contributed by atoms with E-state index < -0.39 is 10.0 Å². The summed E-state index contributed by atoms with van der Waals surface area (Å²) in [5, 5.41) is 2.75. The molecule has 1 aromatic rings. The summed E-state index contributed by atoms with van der Waals surface area (Å²) in [7, 11) is 0.828. The highest BCUT2D eigenvalue weighted by Gasteiger charge is 2.20. The first-order chi connectivity index (χ1) is 10.2. The van der Waals surface area contributed by atoms with E-state index in [1.807, 2.05) is 13.8 Å². The third-order valence-corrected chi connectivity index (χ3v) is 5.19. The van der Waals surface area contributed by atoms with E-state index in [1.54, 1.807) is 0 Å². The van der Waals surface area contributed by atoms with Crippen LogP contribution in [0.25, 0.3) is 0 Å². The molecule has 0 heterocycles. The summed E-state index contributed by atoms with van der Waals surface area (Å²) in [5.74, 6) is 0.123. The summed E-state index contributed by atoms with van der Waals surface area (Å²) >= 11 is 0. The minimum atomic E-state index is -3.56. The smallest absolute Gasteiger partial charge is 0.242 e. The van der Waals surface area contributed by atoms with E-state index in [0.717, 1.165) is 17.1 Å². The van der Waals surface area contributed by atoms with E-state index in [0.29, 0.717) is 11.4 Å². The molecule has 22 heavy (non-hydrogen) atoms. The molecule has 0 aliphatic heterocycles. The molecule has 1 aromatic carbocycles. The van der Waals surface area contributed by atoms with E-state index in [4.69, 9.17) is 4.74 Å². The predicted molar refractivity (Wildman–Crippen MR) is 86.6 cm³/mol. The van der Waals surface area contributed by atoms with Gasteiger partial charge in [0.25, 0.3) is 0 Å². The van der Waals surface area contributed by atoms with Crippen LogP contribution >= 0.6 is 0 Å². The number of rotatable bonds is 7. The van der Waals surface area contributed by atoms with Crippen LogP contribution in [-0.4, -0.2) is 39.8 Å². The minimum Gasteiger partial charge on any atom is -0.495 e. The lowest BCUT2D eigenvalue weighted by atomic mass is 10.1. The van der Waals surface area contributed by atoms with Crippen molar-refractivity contribution in [2.24, 2.45) is 5.92 Å². The molecule has 1 amide bonds. The highest BCUT2D eigenvalue weighted by atomic mass is 32.2. The predicted octanol–water partition coefficient (Wildman–Crippen LogP) is 2.32. The van der Waals surface area contributed by atoms with Crippen LogP contribution in [0, 0.1) is 5.92 Å². The third kappa shape index (κ3) is 4.20. The van der Waals surface area contributed by atoms with Crippen molar-refractivity contribution in [3.63, 3.8) is 0 Å². The quantitative estimate of drug-likeness (QED) is 0.833. The number of anilines is 1. The lowest BCUT2D eigenvalue weighted by molar-refractivity contribution is -0.119. The summed E-state index contributed by atoms with van der Waals surface area (Å²) in [6.07, 6.45) is 1.67. The van der Waals surface area contributed by atoms with E-state index in [9.17, 15) is 13.2 Å². The van der Waals surface area contributed by atoms with E-state index in [2.05, 4.69) is 5.32 Å². The molecular formula is C15H24N2O4S. The van der Waals surface area contributed by atoms with E-state index in [-0.39, 0.29) is 16.7 Å². The molecule has 0 saturated heterocycles. The highest BCUT2D eigenvalue weighted by molar-refractivity contribution is 7.89. The van der Waals surface area contributed by atoms with Crippen molar-refractivity contribution < 1.29 is 17.9 Å². The topological polar surface area (TPSA) is 75.7 Å². The van der Waals surface area contributed by atoms with Gasteiger partial charge in [0.1, 0.15) is 5.75 Å². The fourth-order valence-corrected chi connectivity index (χ4v) is 2.90. The number of amides is 1. The zero-order valence-corrected chi connectivity index (χ0v) is 14.5. The first-order valence-corrected chi connectivity index (χ1v) is 8.59. The maximum Gasteiger partial charge on any atom is 0.242 e. The number of ether oxygens (including phenoxy) is 1. The molecule has 0 aliphatic carbocycles. The fourth-order valence-electron chi connectivity index (χ4n) is 1.98. The zero-order valence-electron chi connectivity index (χ0n) is 13.7. The van der Waals surface area contributed by atoms with Crippen molar-refractivity contribution in [3.8, 4) is 5.75 Å². The van der Waals surface area contributed by atoms with E-state index >= 15 is 0 Å². The monoisotopic (exact) mass is 328 g/mol. The first kappa shape index (κ1) is 18.4. The average molecular weight is 328 g/mol. The summed E-state index contributed by atoms with van der Waals surface area (Å²) in [6, 6.07) is 4.42. The second-order valence-electron chi connectivity index (χ2n) is 5.33. The molecule has 7 heteroatoms. The maximum atomic E-state index is 12.2. The highest BCUT2D eigenvalue weighted by Crippen LogP contribution is 2.29. The molecule has 0 fully saturated rings. The molecule has 1 atom stereocenters. The Labute approximate surface area is 132 Å². The van der Waals surface area contributed by atoms with Gasteiger partial charge >= 0.3 is 0 Å². The minimum absolute atomic E-state index is 0.108. The SMILES string of the molecule is CCC[C@@H](C)C(=O)Nc1cc(S(=O)(=O)N(C)C)ccc1OC. The van der Waals surface area contributed by atoms with Gasteiger partial charge in [0.15, 0.2) is 0 Å². The Kier molecular flexibility index (Phi) is 6.37. The summed E-state index contributed by atoms with van der Waals surface area (Å²) in [4.78, 5) is 12.2. The van der Waals surface area contributed by atoms with Crippen LogP contribution < -0.4 is 10.1 Å². The molecule has 0 aromatic heterocycles. The van der Waals surface area contributed by atoms with Gasteiger partial charge in [-0.05, 0) is 24.6 Å². The lowest BCUT2D eigenvalue weighted by Crippen LogP contribution is -2.23. The second-order valence-corrected chi connectivity index (χ2v) is 7.48. The first-order valence-electron chi connectivity index (χ1n) is 7.15. The molecule has 0 bridgehead atoms. The van der Waals surface area contributed by atoms with Crippen LogP contribution in [0.2, 0.25) is 0 Å². The summed E-state index contributed by atoms with van der Waals surface area (Å²) in [6.45, 7) is 3.85. The Morgan fingerprint density at radius 2 is 2.00 bits per heavy atom. The normalized spacial score (nSPS) is 13.0.